The van der Waals surface area contributed by atoms with Gasteiger partial charge >= 0.3 is 0 Å². The molecule has 0 aromatic heterocycles. The molecule has 0 rings (SSSR count). The lowest BCUT2D eigenvalue weighted by molar-refractivity contribution is -0.122. The molecule has 0 radical (unpaired) electrons. The Morgan fingerprint density at radius 2 is 1.81 bits per heavy atom. The third-order valence-corrected chi connectivity index (χ3v) is 2.04. The zero-order chi connectivity index (χ0) is 12.8. The van der Waals surface area contributed by atoms with Crippen LogP contribution < -0.4 is 5.32 Å². The highest BCUT2D eigenvalue weighted by molar-refractivity contribution is 7.82. The summed E-state index contributed by atoms with van der Waals surface area (Å²) in [4.78, 5) is 11.4. The van der Waals surface area contributed by atoms with E-state index in [0.29, 0.717) is 13.2 Å². The maximum Gasteiger partial charge on any atom is 0.235 e. The molecule has 0 aliphatic heterocycles. The van der Waals surface area contributed by atoms with Gasteiger partial charge in [0.1, 0.15) is 0 Å². The topological polar surface area (TPSA) is 38.3 Å². The molecule has 1 N–H and O–H groups in total. The summed E-state index contributed by atoms with van der Waals surface area (Å²) in [5.41, 5.74) is 0.205. The molecule has 0 aliphatic carbocycles. The number of amides is 1. The molecule has 16 heavy (non-hydrogen) atoms. The Labute approximate surface area is 105 Å². The van der Waals surface area contributed by atoms with Crippen LogP contribution >= 0.6 is 12.6 Å². The minimum atomic E-state index is -0.605. The molecule has 0 unspecified atom stereocenters. The van der Waals surface area contributed by atoms with Crippen molar-refractivity contribution in [3.63, 3.8) is 0 Å². The summed E-state index contributed by atoms with van der Waals surface area (Å²) in [6.45, 7) is 12.0. The first-order valence-electron chi connectivity index (χ1n) is 5.71. The van der Waals surface area contributed by atoms with Gasteiger partial charge in [-0.3, -0.25) is 4.79 Å². The van der Waals surface area contributed by atoms with Crippen molar-refractivity contribution in [2.24, 2.45) is 5.41 Å². The van der Waals surface area contributed by atoms with E-state index in [0.717, 1.165) is 13.0 Å². The van der Waals surface area contributed by atoms with Crippen molar-refractivity contribution in [3.8, 4) is 0 Å². The van der Waals surface area contributed by atoms with Crippen LogP contribution in [0.2, 0.25) is 0 Å². The average Bonchev–Trinajstić information content (AvgIpc) is 2.07. The largest absolute Gasteiger partial charge is 0.381 e. The summed E-state index contributed by atoms with van der Waals surface area (Å²) < 4.78 is 4.89. The van der Waals surface area contributed by atoms with Crippen LogP contribution in [0.5, 0.6) is 0 Å². The van der Waals surface area contributed by atoms with Crippen LogP contribution in [0.1, 0.15) is 41.0 Å². The highest BCUT2D eigenvalue weighted by atomic mass is 32.1. The molecule has 0 bridgehead atoms. The van der Waals surface area contributed by atoms with Crippen molar-refractivity contribution >= 4 is 18.5 Å². The molecule has 0 saturated carbocycles. The fourth-order valence-electron chi connectivity index (χ4n) is 0.971. The Kier molecular flexibility index (Phi) is 6.41. The molecule has 0 heterocycles. The maximum absolute atomic E-state index is 11.4. The lowest BCUT2D eigenvalue weighted by Gasteiger charge is -2.19. The van der Waals surface area contributed by atoms with E-state index in [4.69, 9.17) is 4.74 Å². The van der Waals surface area contributed by atoms with Crippen LogP contribution in [-0.2, 0) is 9.53 Å². The van der Waals surface area contributed by atoms with Crippen molar-refractivity contribution in [2.45, 2.75) is 45.8 Å². The Hall–Kier alpha value is -0.220. The normalized spacial score (nSPS) is 12.6. The van der Waals surface area contributed by atoms with Crippen molar-refractivity contribution in [3.05, 3.63) is 0 Å². The van der Waals surface area contributed by atoms with Gasteiger partial charge in [-0.1, -0.05) is 20.8 Å². The third kappa shape index (κ3) is 9.04. The van der Waals surface area contributed by atoms with Gasteiger partial charge in [0.2, 0.25) is 5.91 Å². The molecular weight excluding hydrogens is 222 g/mol. The standard InChI is InChI=1S/C12H25NO2S/c1-11(2,3)9-15-8-6-7-13-10(14)12(4,5)16/h16H,6-9H2,1-5H3,(H,13,14). The molecule has 0 atom stereocenters. The molecule has 0 fully saturated rings. The lowest BCUT2D eigenvalue weighted by Crippen LogP contribution is -2.38. The second-order valence-electron chi connectivity index (χ2n) is 5.78. The summed E-state index contributed by atoms with van der Waals surface area (Å²) in [6, 6.07) is 0. The van der Waals surface area contributed by atoms with Crippen molar-refractivity contribution < 1.29 is 9.53 Å². The molecule has 0 saturated heterocycles. The van der Waals surface area contributed by atoms with Crippen LogP contribution in [0, 0.1) is 5.41 Å². The highest BCUT2D eigenvalue weighted by Gasteiger charge is 2.21. The smallest absolute Gasteiger partial charge is 0.235 e. The Balaban J connectivity index is 3.45. The summed E-state index contributed by atoms with van der Waals surface area (Å²) >= 11 is 4.19. The van der Waals surface area contributed by atoms with Gasteiger partial charge < -0.3 is 10.1 Å². The number of hydrogen-bond acceptors (Lipinski definition) is 3. The zero-order valence-corrected chi connectivity index (χ0v) is 12.0. The molecule has 0 aromatic carbocycles. The monoisotopic (exact) mass is 247 g/mol. The van der Waals surface area contributed by atoms with E-state index in [1.807, 2.05) is 0 Å². The summed E-state index contributed by atoms with van der Waals surface area (Å²) in [5, 5.41) is 2.82. The molecule has 3 nitrogen and oxygen atoms in total. The van der Waals surface area contributed by atoms with Crippen LogP contribution in [0.4, 0.5) is 0 Å². The molecule has 0 aromatic rings. The third-order valence-electron chi connectivity index (χ3n) is 1.84. The van der Waals surface area contributed by atoms with Crippen LogP contribution in [0.25, 0.3) is 0 Å². The second kappa shape index (κ2) is 6.50. The van der Waals surface area contributed by atoms with Gasteiger partial charge in [0, 0.05) is 13.2 Å². The van der Waals surface area contributed by atoms with Gasteiger partial charge in [0.05, 0.1) is 11.4 Å². The number of carbonyl (C=O) groups is 1. The quantitative estimate of drug-likeness (QED) is 0.558. The SMILES string of the molecule is CC(C)(C)COCCCNC(=O)C(C)(C)S. The predicted molar refractivity (Wildman–Crippen MR) is 71.0 cm³/mol. The Morgan fingerprint density at radius 3 is 2.25 bits per heavy atom. The van der Waals surface area contributed by atoms with E-state index < -0.39 is 4.75 Å². The van der Waals surface area contributed by atoms with Crippen LogP contribution in [0.15, 0.2) is 0 Å². The maximum atomic E-state index is 11.4. The van der Waals surface area contributed by atoms with Gasteiger partial charge in [0.25, 0.3) is 0 Å². The number of carbonyl (C=O) groups excluding carboxylic acids is 1. The van der Waals surface area contributed by atoms with E-state index in [9.17, 15) is 4.79 Å². The molecule has 4 heteroatoms. The minimum absolute atomic E-state index is 0.0355. The van der Waals surface area contributed by atoms with E-state index in [1.165, 1.54) is 0 Å². The Morgan fingerprint density at radius 1 is 1.25 bits per heavy atom. The predicted octanol–water partition coefficient (Wildman–Crippen LogP) is 2.26. The van der Waals surface area contributed by atoms with E-state index in [-0.39, 0.29) is 11.3 Å². The lowest BCUT2D eigenvalue weighted by atomic mass is 9.99. The fraction of sp³-hybridized carbons (Fsp3) is 0.917. The molecular formula is C12H25NO2S. The van der Waals surface area contributed by atoms with E-state index in [2.05, 4.69) is 38.7 Å². The minimum Gasteiger partial charge on any atom is -0.381 e. The summed E-state index contributed by atoms with van der Waals surface area (Å²) in [6.07, 6.45) is 0.839. The number of nitrogens with one attached hydrogen (secondary N) is 1. The summed E-state index contributed by atoms with van der Waals surface area (Å²) in [7, 11) is 0. The van der Waals surface area contributed by atoms with Gasteiger partial charge in [0.15, 0.2) is 0 Å². The summed E-state index contributed by atoms with van der Waals surface area (Å²) in [5.74, 6) is -0.0355. The molecule has 96 valence electrons. The van der Waals surface area contributed by atoms with E-state index >= 15 is 0 Å². The molecule has 0 spiro atoms. The second-order valence-corrected chi connectivity index (χ2v) is 6.90. The number of rotatable bonds is 6. The van der Waals surface area contributed by atoms with E-state index in [1.54, 1.807) is 13.8 Å². The van der Waals surface area contributed by atoms with Gasteiger partial charge in [-0.05, 0) is 25.7 Å². The zero-order valence-electron chi connectivity index (χ0n) is 11.1. The number of ether oxygens (including phenoxy) is 1. The van der Waals surface area contributed by atoms with Gasteiger partial charge in [-0.25, -0.2) is 0 Å². The first kappa shape index (κ1) is 15.8. The molecule has 0 aliphatic rings. The van der Waals surface area contributed by atoms with Gasteiger partial charge in [-0.15, -0.1) is 0 Å². The van der Waals surface area contributed by atoms with Crippen LogP contribution in [0.3, 0.4) is 0 Å². The van der Waals surface area contributed by atoms with Crippen LogP contribution in [-0.4, -0.2) is 30.4 Å². The fourth-order valence-corrected chi connectivity index (χ4v) is 1.05. The van der Waals surface area contributed by atoms with Crippen molar-refractivity contribution in [2.75, 3.05) is 19.8 Å². The first-order valence-corrected chi connectivity index (χ1v) is 6.16. The Bertz CT molecular complexity index is 216. The number of thiol groups is 1. The average molecular weight is 247 g/mol. The number of hydrogen-bond donors (Lipinski definition) is 2. The molecule has 1 amide bonds. The van der Waals surface area contributed by atoms with Gasteiger partial charge in [-0.2, -0.15) is 12.6 Å². The van der Waals surface area contributed by atoms with Crippen molar-refractivity contribution in [1.82, 2.24) is 5.32 Å². The van der Waals surface area contributed by atoms with Crippen molar-refractivity contribution in [1.29, 1.82) is 0 Å². The first-order chi connectivity index (χ1) is 7.13. The highest BCUT2D eigenvalue weighted by Crippen LogP contribution is 2.13.